The normalized spacial score (nSPS) is 24.7. The van der Waals surface area contributed by atoms with Crippen molar-refractivity contribution in [1.82, 2.24) is 4.98 Å². The van der Waals surface area contributed by atoms with E-state index in [1.165, 1.54) is 51.4 Å². The highest BCUT2D eigenvalue weighted by Gasteiger charge is 2.39. The second kappa shape index (κ2) is 11.8. The summed E-state index contributed by atoms with van der Waals surface area (Å²) in [7, 11) is 0. The van der Waals surface area contributed by atoms with Crippen molar-refractivity contribution in [3.63, 3.8) is 0 Å². The van der Waals surface area contributed by atoms with Crippen molar-refractivity contribution in [2.24, 2.45) is 23.7 Å². The van der Waals surface area contributed by atoms with Crippen LogP contribution in [0.2, 0.25) is 0 Å². The highest BCUT2D eigenvalue weighted by molar-refractivity contribution is 7.18. The summed E-state index contributed by atoms with van der Waals surface area (Å²) < 4.78 is 74.5. The molecule has 0 N–H and O–H groups in total. The summed E-state index contributed by atoms with van der Waals surface area (Å²) in [6, 6.07) is 6.07. The van der Waals surface area contributed by atoms with E-state index in [0.717, 1.165) is 34.7 Å². The highest BCUT2D eigenvalue weighted by atomic mass is 32.1. The van der Waals surface area contributed by atoms with Crippen LogP contribution in [0, 0.1) is 41.1 Å². The Balaban J connectivity index is 1.19. The van der Waals surface area contributed by atoms with Gasteiger partial charge in [0.2, 0.25) is 5.01 Å². The molecular formula is C31H32F5NOS. The Labute approximate surface area is 229 Å². The van der Waals surface area contributed by atoms with Gasteiger partial charge in [-0.2, -0.15) is 8.78 Å². The summed E-state index contributed by atoms with van der Waals surface area (Å²) in [6.45, 7) is 2.10. The number of hydrogen-bond acceptors (Lipinski definition) is 3. The largest absolute Gasteiger partial charge is 0.454 e. The molecule has 2 nitrogen and oxygen atoms in total. The Kier molecular flexibility index (Phi) is 8.40. The fourth-order valence-electron chi connectivity index (χ4n) is 6.09. The Morgan fingerprint density at radius 2 is 1.44 bits per heavy atom. The molecule has 0 aliphatic heterocycles. The lowest BCUT2D eigenvalue weighted by Crippen LogP contribution is -2.25. The molecule has 0 spiro atoms. The van der Waals surface area contributed by atoms with Crippen LogP contribution >= 0.6 is 11.3 Å². The minimum atomic E-state index is -3.94. The number of nitrogens with zero attached hydrogens (tertiary/aromatic N) is 1. The maximum atomic E-state index is 14.7. The molecule has 2 fully saturated rings. The van der Waals surface area contributed by atoms with Crippen LogP contribution in [0.1, 0.15) is 68.9 Å². The van der Waals surface area contributed by atoms with Gasteiger partial charge in [0.15, 0.2) is 17.5 Å². The Bertz CT molecular complexity index is 1330. The predicted octanol–water partition coefficient (Wildman–Crippen LogP) is 10.0. The lowest BCUT2D eigenvalue weighted by Gasteiger charge is -2.36. The lowest BCUT2D eigenvalue weighted by molar-refractivity contribution is -0.185. The van der Waals surface area contributed by atoms with Gasteiger partial charge in [0, 0.05) is 12.1 Å². The van der Waals surface area contributed by atoms with Crippen molar-refractivity contribution < 1.29 is 26.7 Å². The van der Waals surface area contributed by atoms with Gasteiger partial charge < -0.3 is 4.74 Å². The number of fused-ring (bicyclic) bond motifs is 1. The summed E-state index contributed by atoms with van der Waals surface area (Å²) in [5, 5.41) is -0.651. The van der Waals surface area contributed by atoms with E-state index < -0.39 is 34.3 Å². The van der Waals surface area contributed by atoms with Crippen LogP contribution in [0.25, 0.3) is 16.3 Å². The number of alkyl halides is 2. The number of allylic oxidation sites excluding steroid dienone is 3. The highest BCUT2D eigenvalue weighted by Crippen LogP contribution is 2.42. The minimum Gasteiger partial charge on any atom is -0.427 e. The van der Waals surface area contributed by atoms with Crippen LogP contribution in [-0.2, 0) is 6.11 Å². The first-order chi connectivity index (χ1) is 18.7. The van der Waals surface area contributed by atoms with Crippen molar-refractivity contribution in [1.29, 1.82) is 0 Å². The Morgan fingerprint density at radius 1 is 0.846 bits per heavy atom. The fourth-order valence-corrected chi connectivity index (χ4v) is 7.02. The van der Waals surface area contributed by atoms with Crippen LogP contribution in [0.5, 0.6) is 5.75 Å². The van der Waals surface area contributed by atoms with Crippen molar-refractivity contribution >= 4 is 27.6 Å². The summed E-state index contributed by atoms with van der Waals surface area (Å²) >= 11 is 0.744. The van der Waals surface area contributed by atoms with E-state index in [4.69, 9.17) is 0 Å². The molecule has 0 atom stereocenters. The summed E-state index contributed by atoms with van der Waals surface area (Å²) in [4.78, 5) is 3.96. The second-order valence-electron chi connectivity index (χ2n) is 10.8. The van der Waals surface area contributed by atoms with Gasteiger partial charge >= 0.3 is 6.11 Å². The van der Waals surface area contributed by atoms with E-state index in [0.29, 0.717) is 28.3 Å². The maximum Gasteiger partial charge on any atom is 0.454 e. The van der Waals surface area contributed by atoms with Gasteiger partial charge in [-0.3, -0.25) is 0 Å². The Hall–Kier alpha value is -2.74. The van der Waals surface area contributed by atoms with Crippen LogP contribution < -0.4 is 4.74 Å². The lowest BCUT2D eigenvalue weighted by atomic mass is 9.69. The van der Waals surface area contributed by atoms with Gasteiger partial charge in [-0.1, -0.05) is 30.4 Å². The summed E-state index contributed by atoms with van der Waals surface area (Å²) in [5.41, 5.74) is 1.27. The van der Waals surface area contributed by atoms with E-state index in [2.05, 4.69) is 34.9 Å². The van der Waals surface area contributed by atoms with E-state index in [-0.39, 0.29) is 0 Å². The van der Waals surface area contributed by atoms with Crippen LogP contribution in [0.3, 0.4) is 0 Å². The molecule has 39 heavy (non-hydrogen) atoms. The molecule has 0 radical (unpaired) electrons. The minimum absolute atomic E-state index is 0.372. The van der Waals surface area contributed by atoms with Gasteiger partial charge in [0.05, 0.1) is 10.2 Å². The number of ether oxygens (including phenoxy) is 1. The molecule has 1 heterocycles. The molecule has 0 unspecified atom stereocenters. The number of aromatic nitrogens is 1. The van der Waals surface area contributed by atoms with E-state index in [1.807, 2.05) is 12.1 Å². The topological polar surface area (TPSA) is 22.1 Å². The molecule has 0 bridgehead atoms. The molecule has 0 saturated heterocycles. The molecule has 0 amide bonds. The maximum absolute atomic E-state index is 14.7. The molecule has 1 aromatic heterocycles. The average Bonchev–Trinajstić information content (AvgIpc) is 3.36. The zero-order valence-electron chi connectivity index (χ0n) is 21.8. The van der Waals surface area contributed by atoms with Crippen molar-refractivity contribution in [3.05, 3.63) is 76.6 Å². The SMILES string of the molecule is C/C=C/C1CCC(C2CCC(/C=C/c3ccc4nc(C(F)(F)Oc5cc(F)c(F)c(F)c5)sc4c3)CC2)CC1. The predicted molar refractivity (Wildman–Crippen MR) is 145 cm³/mol. The number of thiazole rings is 1. The van der Waals surface area contributed by atoms with E-state index in [9.17, 15) is 22.0 Å². The Morgan fingerprint density at radius 3 is 2.03 bits per heavy atom. The zero-order chi connectivity index (χ0) is 27.6. The van der Waals surface area contributed by atoms with Gasteiger partial charge in [0.1, 0.15) is 5.75 Å². The standard InChI is InChI=1S/C31H32F5NOS/c1-2-3-19-6-11-22(12-7-19)23-13-8-20(9-14-23)4-5-21-10-15-27-28(16-21)39-30(37-27)31(35,36)38-24-17-25(32)29(34)26(33)18-24/h2-5,10,15-20,22-23H,6-9,11-14H2,1H3/b3-2+,5-4+. The van der Waals surface area contributed by atoms with Gasteiger partial charge in [-0.05, 0) is 99.7 Å². The number of halogens is 5. The van der Waals surface area contributed by atoms with Crippen molar-refractivity contribution in [2.45, 2.75) is 64.4 Å². The first kappa shape index (κ1) is 27.8. The third kappa shape index (κ3) is 6.53. The third-order valence-electron chi connectivity index (χ3n) is 8.19. The molecule has 3 aromatic rings. The van der Waals surface area contributed by atoms with E-state index >= 15 is 0 Å². The number of benzene rings is 2. The molecule has 2 aromatic carbocycles. The van der Waals surface area contributed by atoms with Crippen molar-refractivity contribution in [3.8, 4) is 5.75 Å². The second-order valence-corrected chi connectivity index (χ2v) is 11.8. The third-order valence-corrected chi connectivity index (χ3v) is 9.26. The first-order valence-electron chi connectivity index (χ1n) is 13.7. The summed E-state index contributed by atoms with van der Waals surface area (Å²) in [5.74, 6) is -2.81. The van der Waals surface area contributed by atoms with Crippen LogP contribution in [-0.4, -0.2) is 4.98 Å². The molecule has 5 rings (SSSR count). The van der Waals surface area contributed by atoms with Crippen LogP contribution in [0.15, 0.2) is 48.6 Å². The monoisotopic (exact) mass is 561 g/mol. The quantitative estimate of drug-likeness (QED) is 0.163. The number of rotatable bonds is 7. The number of hydrogen-bond donors (Lipinski definition) is 0. The smallest absolute Gasteiger partial charge is 0.427 e. The van der Waals surface area contributed by atoms with Gasteiger partial charge in [-0.25, -0.2) is 18.2 Å². The molecule has 2 saturated carbocycles. The first-order valence-corrected chi connectivity index (χ1v) is 14.5. The van der Waals surface area contributed by atoms with Gasteiger partial charge in [-0.15, -0.1) is 11.3 Å². The van der Waals surface area contributed by atoms with Gasteiger partial charge in [0.25, 0.3) is 0 Å². The fraction of sp³-hybridized carbons (Fsp3) is 0.452. The molecular weight excluding hydrogens is 529 g/mol. The van der Waals surface area contributed by atoms with Crippen LogP contribution in [0.4, 0.5) is 22.0 Å². The molecule has 208 valence electrons. The molecule has 2 aliphatic carbocycles. The average molecular weight is 562 g/mol. The summed E-state index contributed by atoms with van der Waals surface area (Å²) in [6.07, 6.45) is 15.1. The molecule has 2 aliphatic rings. The van der Waals surface area contributed by atoms with E-state index in [1.54, 1.807) is 12.1 Å². The van der Waals surface area contributed by atoms with Crippen molar-refractivity contribution in [2.75, 3.05) is 0 Å². The molecule has 8 heteroatoms. The zero-order valence-corrected chi connectivity index (χ0v) is 22.6.